The van der Waals surface area contributed by atoms with E-state index in [0.717, 1.165) is 45.5 Å². The number of hydrogen-bond acceptors (Lipinski definition) is 3. The van der Waals surface area contributed by atoms with Gasteiger partial charge in [-0.25, -0.2) is 0 Å². The highest BCUT2D eigenvalue weighted by Crippen LogP contribution is 2.49. The van der Waals surface area contributed by atoms with Crippen molar-refractivity contribution in [1.29, 1.82) is 0 Å². The molecule has 20 rings (SSSR count). The fourth-order valence-corrected chi connectivity index (χ4v) is 16.1. The Kier molecular flexibility index (Phi) is 9.26. The normalized spacial score (nSPS) is 13.3. The van der Waals surface area contributed by atoms with Crippen molar-refractivity contribution in [2.45, 2.75) is 0 Å². The van der Waals surface area contributed by atoms with E-state index in [1.807, 2.05) is 0 Å². The van der Waals surface area contributed by atoms with Gasteiger partial charge in [-0.1, -0.05) is 188 Å². The molecule has 6 nitrogen and oxygen atoms in total. The SMILES string of the molecule is c1ccc(N(c2ccccc2)c2cc3c4c(c2)-n2c5ccccc5c5cccc(c52)B4c2cc4c(cc2N3c2ccccc2)N(c2ccccc2)c2cc(-n3c5ccccc5c5ccccc53)cc3c2B4c2cccc4c5ccccc5n-3c24)cc1. The molecule has 0 unspecified atom stereocenters. The van der Waals surface area contributed by atoms with Crippen LogP contribution in [0.25, 0.3) is 82.5 Å². The molecule has 396 valence electrons. The maximum Gasteiger partial charge on any atom is 0.252 e. The molecule has 0 fully saturated rings. The Hall–Kier alpha value is -11.2. The van der Waals surface area contributed by atoms with Crippen molar-refractivity contribution in [3.63, 3.8) is 0 Å². The molecule has 13 aromatic carbocycles. The number of aromatic nitrogens is 3. The van der Waals surface area contributed by atoms with Crippen molar-refractivity contribution in [1.82, 2.24) is 13.7 Å². The van der Waals surface area contributed by atoms with Crippen molar-refractivity contribution in [3.05, 3.63) is 291 Å². The highest BCUT2D eigenvalue weighted by molar-refractivity contribution is 7.03. The van der Waals surface area contributed by atoms with E-state index in [1.54, 1.807) is 0 Å². The second kappa shape index (κ2) is 17.2. The van der Waals surface area contributed by atoms with E-state index >= 15 is 0 Å². The van der Waals surface area contributed by atoms with Gasteiger partial charge < -0.3 is 28.4 Å². The van der Waals surface area contributed by atoms with Crippen LogP contribution in [0.2, 0.25) is 0 Å². The Bertz CT molecular complexity index is 5480. The smallest absolute Gasteiger partial charge is 0.252 e. The molecule has 7 heterocycles. The summed E-state index contributed by atoms with van der Waals surface area (Å²) in [7, 11) is 0. The second-order valence-corrected chi connectivity index (χ2v) is 23.5. The first-order valence-electron chi connectivity index (χ1n) is 29.9. The Balaban J connectivity index is 0.942. The summed E-state index contributed by atoms with van der Waals surface area (Å²) in [5, 5.41) is 7.54. The summed E-state index contributed by atoms with van der Waals surface area (Å²) in [5.74, 6) is 0. The molecule has 0 radical (unpaired) electrons. The van der Waals surface area contributed by atoms with Crippen LogP contribution in [0, 0.1) is 0 Å². The molecule has 0 amide bonds. The van der Waals surface area contributed by atoms with Gasteiger partial charge in [-0.3, -0.25) is 0 Å². The van der Waals surface area contributed by atoms with Crippen LogP contribution in [-0.4, -0.2) is 27.1 Å². The first-order valence-corrected chi connectivity index (χ1v) is 29.9. The zero-order valence-corrected chi connectivity index (χ0v) is 46.6. The molecule has 16 aromatic rings. The molecule has 0 saturated carbocycles. The summed E-state index contributed by atoms with van der Waals surface area (Å²) < 4.78 is 7.70. The molecule has 0 bridgehead atoms. The van der Waals surface area contributed by atoms with Crippen molar-refractivity contribution in [2.75, 3.05) is 14.7 Å². The lowest BCUT2D eigenvalue weighted by atomic mass is 9.30. The molecule has 4 aliphatic rings. The maximum absolute atomic E-state index is 2.66. The molecule has 86 heavy (non-hydrogen) atoms. The number of fused-ring (bicyclic) bond motifs is 17. The predicted molar refractivity (Wildman–Crippen MR) is 363 cm³/mol. The summed E-state index contributed by atoms with van der Waals surface area (Å²) in [6.07, 6.45) is 0. The van der Waals surface area contributed by atoms with E-state index in [1.165, 1.54) is 121 Å². The van der Waals surface area contributed by atoms with Gasteiger partial charge in [0, 0.05) is 100 Å². The van der Waals surface area contributed by atoms with E-state index in [0.29, 0.717) is 0 Å². The fourth-order valence-electron chi connectivity index (χ4n) is 16.1. The highest BCUT2D eigenvalue weighted by atomic mass is 15.2. The number of rotatable bonds is 6. The predicted octanol–water partition coefficient (Wildman–Crippen LogP) is 15.7. The zero-order valence-electron chi connectivity index (χ0n) is 46.6. The van der Waals surface area contributed by atoms with Gasteiger partial charge in [0.2, 0.25) is 0 Å². The lowest BCUT2D eigenvalue weighted by Gasteiger charge is -2.45. The largest absolute Gasteiger partial charge is 0.311 e. The molecule has 8 heteroatoms. The van der Waals surface area contributed by atoms with Gasteiger partial charge in [0.15, 0.2) is 0 Å². The number of hydrogen-bond donors (Lipinski definition) is 0. The summed E-state index contributed by atoms with van der Waals surface area (Å²) in [6, 6.07) is 109. The molecule has 0 N–H and O–H groups in total. The van der Waals surface area contributed by atoms with Crippen LogP contribution in [0.5, 0.6) is 0 Å². The molecule has 0 saturated heterocycles. The number of anilines is 9. The van der Waals surface area contributed by atoms with Gasteiger partial charge in [-0.05, 0) is 136 Å². The van der Waals surface area contributed by atoms with Gasteiger partial charge in [0.25, 0.3) is 13.4 Å². The second-order valence-electron chi connectivity index (χ2n) is 23.5. The monoisotopic (exact) mass is 1090 g/mol. The Morgan fingerprint density at radius 3 is 1.07 bits per heavy atom. The van der Waals surface area contributed by atoms with Crippen molar-refractivity contribution in [3.8, 4) is 17.1 Å². The molecule has 0 atom stereocenters. The number of benzene rings is 13. The summed E-state index contributed by atoms with van der Waals surface area (Å²) in [4.78, 5) is 7.63. The molecule has 4 aliphatic heterocycles. The molecular weight excluding hydrogens is 1040 g/mol. The van der Waals surface area contributed by atoms with Crippen LogP contribution in [0.15, 0.2) is 291 Å². The first kappa shape index (κ1) is 46.3. The van der Waals surface area contributed by atoms with E-state index in [4.69, 9.17) is 0 Å². The van der Waals surface area contributed by atoms with Crippen molar-refractivity contribution >= 4 is 163 Å². The third-order valence-corrected chi connectivity index (χ3v) is 19.3. The standard InChI is InChI=1S/C78H48B2N6/c1-5-23-49(24-6-1)81(50-25-7-2-8-26-50)53-43-71-75-73(44-53)85-67-41-19-15-33-57(67)59-35-21-37-61(77(59)85)79(75)63-47-64-70(48-69(63)82(71)51-27-9-3-10-28-51)83(52-29-11-4-12-30-52)72-45-54(84-65-39-17-13-31-55(65)56-32-14-18-40-66(56)84)46-74-76(72)80(64)62-38-22-36-60-58-34-16-20-42-68(58)86(74)78(60)62/h1-48H. The third-order valence-electron chi connectivity index (χ3n) is 19.3. The molecule has 0 spiro atoms. The quantitative estimate of drug-likeness (QED) is 0.155. The molecule has 3 aromatic heterocycles. The first-order chi connectivity index (χ1) is 42.7. The van der Waals surface area contributed by atoms with Crippen molar-refractivity contribution < 1.29 is 0 Å². The van der Waals surface area contributed by atoms with Gasteiger partial charge in [-0.15, -0.1) is 0 Å². The summed E-state index contributed by atoms with van der Waals surface area (Å²) >= 11 is 0. The minimum atomic E-state index is -0.119. The van der Waals surface area contributed by atoms with Crippen LogP contribution >= 0.6 is 0 Å². The van der Waals surface area contributed by atoms with Gasteiger partial charge >= 0.3 is 0 Å². The van der Waals surface area contributed by atoms with Crippen molar-refractivity contribution in [2.24, 2.45) is 0 Å². The van der Waals surface area contributed by atoms with Crippen LogP contribution in [0.4, 0.5) is 51.2 Å². The maximum atomic E-state index is 2.66. The van der Waals surface area contributed by atoms with E-state index in [-0.39, 0.29) is 13.4 Å². The average molecular weight is 1090 g/mol. The van der Waals surface area contributed by atoms with Gasteiger partial charge in [-0.2, -0.15) is 0 Å². The minimum Gasteiger partial charge on any atom is -0.311 e. The lowest BCUT2D eigenvalue weighted by Crippen LogP contribution is -2.64. The zero-order chi connectivity index (χ0) is 55.9. The minimum absolute atomic E-state index is 0.113. The highest BCUT2D eigenvalue weighted by Gasteiger charge is 2.48. The van der Waals surface area contributed by atoms with Crippen LogP contribution in [0.3, 0.4) is 0 Å². The average Bonchev–Trinajstić information content (AvgIpc) is 1.22. The van der Waals surface area contributed by atoms with Gasteiger partial charge in [0.1, 0.15) is 0 Å². The van der Waals surface area contributed by atoms with E-state index in [9.17, 15) is 0 Å². The number of nitrogens with zero attached hydrogens (tertiary/aromatic N) is 6. The Morgan fingerprint density at radius 2 is 0.593 bits per heavy atom. The summed E-state index contributed by atoms with van der Waals surface area (Å²) in [5.41, 5.74) is 28.8. The van der Waals surface area contributed by atoms with E-state index in [2.05, 4.69) is 320 Å². The van der Waals surface area contributed by atoms with Crippen LogP contribution in [-0.2, 0) is 0 Å². The van der Waals surface area contributed by atoms with Gasteiger partial charge in [0.05, 0.1) is 33.4 Å². The third kappa shape index (κ3) is 6.06. The Morgan fingerprint density at radius 1 is 0.233 bits per heavy atom. The van der Waals surface area contributed by atoms with Crippen LogP contribution in [0.1, 0.15) is 0 Å². The molecule has 0 aliphatic carbocycles. The molecular formula is C78H48B2N6. The topological polar surface area (TPSA) is 24.5 Å². The fraction of sp³-hybridized carbons (Fsp3) is 0. The van der Waals surface area contributed by atoms with E-state index < -0.39 is 0 Å². The lowest BCUT2D eigenvalue weighted by molar-refractivity contribution is 1.13. The Labute approximate surface area is 496 Å². The number of para-hydroxylation sites is 10. The summed E-state index contributed by atoms with van der Waals surface area (Å²) in [6.45, 7) is -0.233. The van der Waals surface area contributed by atoms with Crippen LogP contribution < -0.4 is 47.5 Å².